The lowest BCUT2D eigenvalue weighted by Crippen LogP contribution is -2.48. The Kier molecular flexibility index (Phi) is 9.96. The van der Waals surface area contributed by atoms with Gasteiger partial charge in [0.05, 0.1) is 79.2 Å². The average molecular weight is 723 g/mol. The highest BCUT2D eigenvalue weighted by Gasteiger charge is 2.34. The molecule has 0 aromatic carbocycles. The van der Waals surface area contributed by atoms with Gasteiger partial charge in [-0.15, -0.1) is 22.7 Å². The quantitative estimate of drug-likeness (QED) is 0.189. The number of nitrogens with one attached hydrogen (secondary N) is 2. The lowest BCUT2D eigenvalue weighted by molar-refractivity contribution is -0.114. The molecule has 2 saturated carbocycles. The topological polar surface area (TPSA) is 169 Å². The predicted molar refractivity (Wildman–Crippen MR) is 192 cm³/mol. The minimum atomic E-state index is -0.852. The molecule has 2 saturated heterocycles. The number of carbonyl (C=O) groups is 2. The molecule has 4 N–H and O–H groups in total. The van der Waals surface area contributed by atoms with E-state index in [9.17, 15) is 19.8 Å². The summed E-state index contributed by atoms with van der Waals surface area (Å²) in [5, 5.41) is 28.3. The summed E-state index contributed by atoms with van der Waals surface area (Å²) < 4.78 is 13.4. The zero-order valence-electron chi connectivity index (χ0n) is 29.0. The number of amides is 2. The van der Waals surface area contributed by atoms with Gasteiger partial charge in [0, 0.05) is 24.2 Å². The van der Waals surface area contributed by atoms with E-state index in [0.717, 1.165) is 56.4 Å². The van der Waals surface area contributed by atoms with Gasteiger partial charge < -0.3 is 30.3 Å². The van der Waals surface area contributed by atoms with Gasteiger partial charge in [-0.3, -0.25) is 9.59 Å². The minimum absolute atomic E-state index is 0.0368. The van der Waals surface area contributed by atoms with Gasteiger partial charge in [0.15, 0.2) is 11.3 Å². The summed E-state index contributed by atoms with van der Waals surface area (Å²) in [6, 6.07) is 3.69. The first kappa shape index (κ1) is 35.3. The summed E-state index contributed by atoms with van der Waals surface area (Å²) in [6.45, 7) is 7.85. The van der Waals surface area contributed by atoms with Crippen molar-refractivity contribution in [3.63, 3.8) is 0 Å². The lowest BCUT2D eigenvalue weighted by atomic mass is 9.93. The van der Waals surface area contributed by atoms with Gasteiger partial charge in [-0.25, -0.2) is 19.9 Å². The molecular formula is C36H46N6O6S2. The van der Waals surface area contributed by atoms with E-state index >= 15 is 0 Å². The maximum atomic E-state index is 12.5. The SMILES string of the molecule is CC(C)(O)[C@@H]1CC[C@@H](NC(=O)c2cnc3nc(C4CC4)sc3c2)CO1.CC(C)(O)[C@H]1CC[C@H](NC(=O)c2cnc3nc(C4CC4)sc3c2)CO1. The highest BCUT2D eigenvalue weighted by Crippen LogP contribution is 2.44. The summed E-state index contributed by atoms with van der Waals surface area (Å²) in [5.74, 6) is 0.927. The fourth-order valence-electron chi connectivity index (χ4n) is 6.31. The minimum Gasteiger partial charge on any atom is -0.388 e. The number of carbonyl (C=O) groups excluding carboxylic acids is 2. The summed E-state index contributed by atoms with van der Waals surface area (Å²) in [6.07, 6.45) is 10.7. The number of aliphatic hydroxyl groups is 2. The van der Waals surface area contributed by atoms with Gasteiger partial charge in [-0.1, -0.05) is 0 Å². The molecule has 0 spiro atoms. The monoisotopic (exact) mass is 722 g/mol. The first-order chi connectivity index (χ1) is 23.8. The average Bonchev–Trinajstić information content (AvgIpc) is 4.02. The molecule has 4 aliphatic rings. The maximum Gasteiger partial charge on any atom is 0.253 e. The van der Waals surface area contributed by atoms with Crippen LogP contribution in [0.3, 0.4) is 0 Å². The summed E-state index contributed by atoms with van der Waals surface area (Å²) in [5.41, 5.74) is 0.881. The lowest BCUT2D eigenvalue weighted by Gasteiger charge is -2.36. The Balaban J connectivity index is 0.000000157. The molecule has 0 unspecified atom stereocenters. The van der Waals surface area contributed by atoms with E-state index in [1.54, 1.807) is 62.8 Å². The van der Waals surface area contributed by atoms with Crippen LogP contribution in [-0.4, -0.2) is 90.7 Å². The third-order valence-corrected chi connectivity index (χ3v) is 12.0. The van der Waals surface area contributed by atoms with Gasteiger partial charge >= 0.3 is 0 Å². The second-order valence-corrected chi connectivity index (χ2v) is 17.3. The van der Waals surface area contributed by atoms with E-state index < -0.39 is 11.2 Å². The van der Waals surface area contributed by atoms with Crippen LogP contribution in [0.15, 0.2) is 24.5 Å². The molecule has 4 aromatic heterocycles. The van der Waals surface area contributed by atoms with Crippen LogP contribution in [-0.2, 0) is 9.47 Å². The van der Waals surface area contributed by atoms with Gasteiger partial charge in [0.1, 0.15) is 0 Å². The van der Waals surface area contributed by atoms with Crippen LogP contribution in [0.2, 0.25) is 0 Å². The largest absolute Gasteiger partial charge is 0.388 e. The van der Waals surface area contributed by atoms with Crippen molar-refractivity contribution in [3.8, 4) is 0 Å². The molecule has 4 aromatic rings. The zero-order chi connectivity index (χ0) is 35.2. The molecule has 0 radical (unpaired) electrons. The number of pyridine rings is 2. The second kappa shape index (κ2) is 14.1. The molecule has 2 aliphatic carbocycles. The van der Waals surface area contributed by atoms with E-state index in [1.165, 1.54) is 25.7 Å². The molecule has 4 atom stereocenters. The van der Waals surface area contributed by atoms with Crippen molar-refractivity contribution in [2.24, 2.45) is 0 Å². The Labute approximate surface area is 299 Å². The summed E-state index contributed by atoms with van der Waals surface area (Å²) >= 11 is 3.28. The molecule has 2 aliphatic heterocycles. The highest BCUT2D eigenvalue weighted by molar-refractivity contribution is 7.19. The van der Waals surface area contributed by atoms with Gasteiger partial charge in [0.25, 0.3) is 11.8 Å². The van der Waals surface area contributed by atoms with E-state index in [4.69, 9.17) is 9.47 Å². The zero-order valence-corrected chi connectivity index (χ0v) is 30.6. The third-order valence-electron chi connectivity index (χ3n) is 9.70. The first-order valence-corrected chi connectivity index (χ1v) is 19.3. The Morgan fingerprint density at radius 1 is 0.680 bits per heavy atom. The first-order valence-electron chi connectivity index (χ1n) is 17.6. The van der Waals surface area contributed by atoms with Crippen LogP contribution in [0.5, 0.6) is 0 Å². The van der Waals surface area contributed by atoms with Crippen LogP contribution < -0.4 is 10.6 Å². The smallest absolute Gasteiger partial charge is 0.253 e. The Bertz CT molecular complexity index is 1710. The molecule has 4 fully saturated rings. The molecule has 6 heterocycles. The standard InChI is InChI=1S/2C18H23N3O3S/c2*1-18(2,23)14-6-5-12(9-24-14)20-16(22)11-7-13-15(19-8-11)21-17(25-13)10-3-4-10/h2*7-8,10,12,14,23H,3-6,9H2,1-2H3,(H,20,22)/t2*12-,14+/m10/s1. The molecule has 268 valence electrons. The Morgan fingerprint density at radius 2 is 1.08 bits per heavy atom. The summed E-state index contributed by atoms with van der Waals surface area (Å²) in [7, 11) is 0. The molecule has 50 heavy (non-hydrogen) atoms. The summed E-state index contributed by atoms with van der Waals surface area (Å²) in [4.78, 5) is 42.8. The number of fused-ring (bicyclic) bond motifs is 2. The number of hydrogen-bond donors (Lipinski definition) is 4. The molecule has 12 nitrogen and oxygen atoms in total. The van der Waals surface area contributed by atoms with E-state index in [1.807, 2.05) is 12.1 Å². The Hall–Kier alpha value is -3.14. The van der Waals surface area contributed by atoms with Crippen LogP contribution >= 0.6 is 22.7 Å². The van der Waals surface area contributed by atoms with Crippen molar-refractivity contribution in [1.82, 2.24) is 30.6 Å². The third kappa shape index (κ3) is 8.48. The van der Waals surface area contributed by atoms with Crippen molar-refractivity contribution >= 4 is 55.2 Å². The molecular weight excluding hydrogens is 677 g/mol. The molecule has 2 amide bonds. The van der Waals surface area contributed by atoms with Crippen LogP contribution in [0, 0.1) is 0 Å². The normalized spacial score (nSPS) is 24.4. The van der Waals surface area contributed by atoms with E-state index in [2.05, 4.69) is 30.6 Å². The number of hydrogen-bond acceptors (Lipinski definition) is 12. The highest BCUT2D eigenvalue weighted by atomic mass is 32.1. The Morgan fingerprint density at radius 3 is 1.40 bits per heavy atom. The van der Waals surface area contributed by atoms with Crippen molar-refractivity contribution < 1.29 is 29.3 Å². The number of nitrogens with zero attached hydrogens (tertiary/aromatic N) is 4. The van der Waals surface area contributed by atoms with E-state index in [-0.39, 0.29) is 36.1 Å². The number of ether oxygens (including phenoxy) is 2. The van der Waals surface area contributed by atoms with Crippen LogP contribution in [0.1, 0.15) is 122 Å². The number of aromatic nitrogens is 4. The van der Waals surface area contributed by atoms with Crippen molar-refractivity contribution in [2.45, 2.75) is 126 Å². The molecule has 0 bridgehead atoms. The molecule has 14 heteroatoms. The number of rotatable bonds is 8. The van der Waals surface area contributed by atoms with Gasteiger partial charge in [-0.05, 0) is 91.2 Å². The predicted octanol–water partition coefficient (Wildman–Crippen LogP) is 5.23. The fourth-order valence-corrected chi connectivity index (χ4v) is 8.58. The molecule has 8 rings (SSSR count). The fraction of sp³-hybridized carbons (Fsp3) is 0.611. The van der Waals surface area contributed by atoms with Crippen molar-refractivity contribution in [2.75, 3.05) is 13.2 Å². The second-order valence-electron chi connectivity index (χ2n) is 15.2. The van der Waals surface area contributed by atoms with Gasteiger partial charge in [0.2, 0.25) is 0 Å². The van der Waals surface area contributed by atoms with Gasteiger partial charge in [-0.2, -0.15) is 0 Å². The van der Waals surface area contributed by atoms with Crippen LogP contribution in [0.4, 0.5) is 0 Å². The van der Waals surface area contributed by atoms with Crippen molar-refractivity contribution in [1.29, 1.82) is 0 Å². The van der Waals surface area contributed by atoms with E-state index in [0.29, 0.717) is 36.2 Å². The van der Waals surface area contributed by atoms with Crippen LogP contribution in [0.25, 0.3) is 20.7 Å². The maximum absolute atomic E-state index is 12.5. The van der Waals surface area contributed by atoms with Crippen molar-refractivity contribution in [3.05, 3.63) is 45.7 Å². The number of thiazole rings is 2.